The van der Waals surface area contributed by atoms with Crippen LogP contribution in [0.2, 0.25) is 10.0 Å². The zero-order valence-electron chi connectivity index (χ0n) is 13.1. The predicted molar refractivity (Wildman–Crippen MR) is 92.5 cm³/mol. The third-order valence-corrected chi connectivity index (χ3v) is 5.08. The number of piperazine rings is 1. The quantitative estimate of drug-likeness (QED) is 0.806. The van der Waals surface area contributed by atoms with Crippen molar-refractivity contribution >= 4 is 40.7 Å². The summed E-state index contributed by atoms with van der Waals surface area (Å²) in [5.41, 5.74) is 0.387. The van der Waals surface area contributed by atoms with Gasteiger partial charge < -0.3 is 5.11 Å². The highest BCUT2D eigenvalue weighted by Crippen LogP contribution is 2.33. The van der Waals surface area contributed by atoms with Gasteiger partial charge in [0.15, 0.2) is 0 Å². The van der Waals surface area contributed by atoms with E-state index in [-0.39, 0.29) is 29.9 Å². The average Bonchev–Trinajstić information content (AvgIpc) is 2.84. The van der Waals surface area contributed by atoms with Gasteiger partial charge in [-0.25, -0.2) is 4.90 Å². The predicted octanol–water partition coefficient (Wildman–Crippen LogP) is 1.24. The molecule has 3 rings (SSSR count). The lowest BCUT2D eigenvalue weighted by molar-refractivity contribution is -0.123. The molecule has 24 heavy (non-hydrogen) atoms. The van der Waals surface area contributed by atoms with Crippen LogP contribution in [0.3, 0.4) is 0 Å². The van der Waals surface area contributed by atoms with Crippen LogP contribution in [0.4, 0.5) is 5.69 Å². The molecule has 130 valence electrons. The second-order valence-electron chi connectivity index (χ2n) is 5.98. The van der Waals surface area contributed by atoms with Crippen LogP contribution in [0.5, 0.6) is 0 Å². The molecule has 2 saturated heterocycles. The molecule has 1 N–H and O–H groups in total. The summed E-state index contributed by atoms with van der Waals surface area (Å²) < 4.78 is 0. The molecule has 0 aliphatic carbocycles. The van der Waals surface area contributed by atoms with Crippen molar-refractivity contribution in [3.05, 3.63) is 28.2 Å². The number of anilines is 1. The summed E-state index contributed by atoms with van der Waals surface area (Å²) in [5, 5.41) is 9.74. The Hall–Kier alpha value is -1.18. The van der Waals surface area contributed by atoms with Gasteiger partial charge in [0, 0.05) is 37.7 Å². The number of amides is 2. The van der Waals surface area contributed by atoms with Crippen molar-refractivity contribution in [1.82, 2.24) is 9.80 Å². The highest BCUT2D eigenvalue weighted by atomic mass is 35.5. The van der Waals surface area contributed by atoms with Gasteiger partial charge in [-0.1, -0.05) is 23.2 Å². The number of carbonyl (C=O) groups is 2. The largest absolute Gasteiger partial charge is 0.395 e. The Kier molecular flexibility index (Phi) is 5.42. The van der Waals surface area contributed by atoms with Gasteiger partial charge in [0.2, 0.25) is 5.91 Å². The summed E-state index contributed by atoms with van der Waals surface area (Å²) >= 11 is 12.0. The van der Waals surface area contributed by atoms with E-state index in [1.807, 2.05) is 4.90 Å². The van der Waals surface area contributed by atoms with Gasteiger partial charge in [-0.2, -0.15) is 0 Å². The minimum absolute atomic E-state index is 0.129. The lowest BCUT2D eigenvalue weighted by atomic mass is 10.1. The van der Waals surface area contributed by atoms with Crippen LogP contribution in [-0.4, -0.2) is 72.1 Å². The zero-order chi connectivity index (χ0) is 17.3. The molecule has 0 bridgehead atoms. The Morgan fingerprint density at radius 1 is 1.12 bits per heavy atom. The van der Waals surface area contributed by atoms with Crippen LogP contribution in [0.1, 0.15) is 6.42 Å². The molecule has 1 atom stereocenters. The van der Waals surface area contributed by atoms with Gasteiger partial charge in [-0.15, -0.1) is 0 Å². The molecule has 0 spiro atoms. The van der Waals surface area contributed by atoms with Gasteiger partial charge in [0.25, 0.3) is 5.91 Å². The Morgan fingerprint density at radius 3 is 2.46 bits per heavy atom. The number of β-amino-alcohol motifs (C(OH)–C–C–N with tert-alkyl or cyclic N) is 1. The fourth-order valence-corrected chi connectivity index (χ4v) is 3.75. The summed E-state index contributed by atoms with van der Waals surface area (Å²) in [7, 11) is 0. The van der Waals surface area contributed by atoms with Crippen LogP contribution < -0.4 is 4.90 Å². The van der Waals surface area contributed by atoms with E-state index in [9.17, 15) is 9.59 Å². The number of aliphatic hydroxyl groups excluding tert-OH is 1. The minimum Gasteiger partial charge on any atom is -0.395 e. The minimum atomic E-state index is -0.444. The van der Waals surface area contributed by atoms with Crippen molar-refractivity contribution in [2.75, 3.05) is 44.2 Å². The van der Waals surface area contributed by atoms with Crippen molar-refractivity contribution in [2.45, 2.75) is 12.5 Å². The summed E-state index contributed by atoms with van der Waals surface area (Å²) in [4.78, 5) is 30.5. The summed E-state index contributed by atoms with van der Waals surface area (Å²) in [6.07, 6.45) is 0.164. The molecule has 2 heterocycles. The van der Waals surface area contributed by atoms with E-state index in [1.165, 1.54) is 11.0 Å². The highest BCUT2D eigenvalue weighted by Gasteiger charge is 2.43. The fraction of sp³-hybridized carbons (Fsp3) is 0.500. The molecule has 2 aliphatic heterocycles. The molecule has 2 fully saturated rings. The number of benzene rings is 1. The summed E-state index contributed by atoms with van der Waals surface area (Å²) in [6, 6.07) is 4.30. The van der Waals surface area contributed by atoms with E-state index in [4.69, 9.17) is 28.3 Å². The van der Waals surface area contributed by atoms with Crippen molar-refractivity contribution in [2.24, 2.45) is 0 Å². The first-order chi connectivity index (χ1) is 11.5. The molecular formula is C16H19Cl2N3O3. The molecule has 2 aliphatic rings. The van der Waals surface area contributed by atoms with E-state index < -0.39 is 6.04 Å². The third-order valence-electron chi connectivity index (χ3n) is 4.54. The summed E-state index contributed by atoms with van der Waals surface area (Å²) in [5.74, 6) is -0.480. The SMILES string of the molecule is O=C1CC(N2CCN(CCO)CC2)C(=O)N1c1ccc(Cl)cc1Cl. The Labute approximate surface area is 150 Å². The van der Waals surface area contributed by atoms with Crippen LogP contribution in [-0.2, 0) is 9.59 Å². The number of carbonyl (C=O) groups excluding carboxylic acids is 2. The van der Waals surface area contributed by atoms with Crippen LogP contribution >= 0.6 is 23.2 Å². The van der Waals surface area contributed by atoms with Crippen LogP contribution in [0.15, 0.2) is 18.2 Å². The number of rotatable bonds is 4. The monoisotopic (exact) mass is 371 g/mol. The van der Waals surface area contributed by atoms with Crippen LogP contribution in [0, 0.1) is 0 Å². The van der Waals surface area contributed by atoms with Crippen molar-refractivity contribution in [3.63, 3.8) is 0 Å². The second kappa shape index (κ2) is 7.37. The number of halogens is 2. The maximum absolute atomic E-state index is 12.8. The Bertz CT molecular complexity index is 647. The average molecular weight is 372 g/mol. The van der Waals surface area contributed by atoms with Crippen LogP contribution in [0.25, 0.3) is 0 Å². The number of imide groups is 1. The van der Waals surface area contributed by atoms with Gasteiger partial charge in [0.05, 0.1) is 29.8 Å². The third kappa shape index (κ3) is 3.43. The van der Waals surface area contributed by atoms with E-state index >= 15 is 0 Å². The maximum atomic E-state index is 12.8. The van der Waals surface area contributed by atoms with Gasteiger partial charge in [0.1, 0.15) is 0 Å². The fourth-order valence-electron chi connectivity index (χ4n) is 3.26. The molecule has 0 radical (unpaired) electrons. The highest BCUT2D eigenvalue weighted by molar-refractivity contribution is 6.38. The van der Waals surface area contributed by atoms with Crippen molar-refractivity contribution in [3.8, 4) is 0 Å². The zero-order valence-corrected chi connectivity index (χ0v) is 14.6. The normalized spacial score (nSPS) is 23.3. The maximum Gasteiger partial charge on any atom is 0.251 e. The molecule has 0 aromatic heterocycles. The lowest BCUT2D eigenvalue weighted by Crippen LogP contribution is -2.53. The molecule has 1 aromatic carbocycles. The van der Waals surface area contributed by atoms with Gasteiger partial charge in [-0.05, 0) is 18.2 Å². The molecule has 6 nitrogen and oxygen atoms in total. The first kappa shape index (κ1) is 17.6. The second-order valence-corrected chi connectivity index (χ2v) is 6.83. The smallest absolute Gasteiger partial charge is 0.251 e. The molecule has 1 aromatic rings. The Morgan fingerprint density at radius 2 is 1.83 bits per heavy atom. The van der Waals surface area contributed by atoms with Gasteiger partial charge >= 0.3 is 0 Å². The first-order valence-corrected chi connectivity index (χ1v) is 8.66. The van der Waals surface area contributed by atoms with Gasteiger partial charge in [-0.3, -0.25) is 19.4 Å². The first-order valence-electron chi connectivity index (χ1n) is 7.90. The van der Waals surface area contributed by atoms with E-state index in [0.29, 0.717) is 30.3 Å². The number of hydrogen-bond acceptors (Lipinski definition) is 5. The number of hydrogen-bond donors (Lipinski definition) is 1. The topological polar surface area (TPSA) is 64.1 Å². The molecule has 1 unspecified atom stereocenters. The molecule has 2 amide bonds. The Balaban J connectivity index is 1.73. The number of aliphatic hydroxyl groups is 1. The van der Waals surface area contributed by atoms with E-state index in [1.54, 1.807) is 12.1 Å². The van der Waals surface area contributed by atoms with Crippen molar-refractivity contribution < 1.29 is 14.7 Å². The number of nitrogens with zero attached hydrogens (tertiary/aromatic N) is 3. The van der Waals surface area contributed by atoms with E-state index in [2.05, 4.69) is 4.90 Å². The molecule has 0 saturated carbocycles. The summed E-state index contributed by atoms with van der Waals surface area (Å²) in [6.45, 7) is 3.72. The molecular weight excluding hydrogens is 353 g/mol. The molecule has 8 heteroatoms. The van der Waals surface area contributed by atoms with E-state index in [0.717, 1.165) is 13.1 Å². The lowest BCUT2D eigenvalue weighted by Gasteiger charge is -2.36. The van der Waals surface area contributed by atoms with Crippen molar-refractivity contribution in [1.29, 1.82) is 0 Å². The standard InChI is InChI=1S/C16H19Cl2N3O3/c17-11-1-2-13(12(18)9-11)21-15(23)10-14(16(21)24)20-5-3-19(4-6-20)7-8-22/h1-2,9,14,22H,3-8,10H2.